The highest BCUT2D eigenvalue weighted by Gasteiger charge is 2.13. The van der Waals surface area contributed by atoms with Crippen LogP contribution in [-0.4, -0.2) is 25.5 Å². The van der Waals surface area contributed by atoms with Crippen LogP contribution in [0.4, 0.5) is 0 Å². The summed E-state index contributed by atoms with van der Waals surface area (Å²) in [6.45, 7) is -0.162. The average Bonchev–Trinajstić information content (AvgIpc) is 3.02. The molecule has 0 aliphatic carbocycles. The van der Waals surface area contributed by atoms with Crippen LogP contribution in [0, 0.1) is 0 Å². The molecule has 0 fully saturated rings. The SMILES string of the molecule is COC(=O)CNC(=O)c1ccc(COc2cccc(Cl)c2Cl)o1. The largest absolute Gasteiger partial charge is 0.484 e. The van der Waals surface area contributed by atoms with E-state index < -0.39 is 11.9 Å². The molecule has 2 rings (SSSR count). The first-order chi connectivity index (χ1) is 11.0. The van der Waals surface area contributed by atoms with Crippen molar-refractivity contribution in [3.63, 3.8) is 0 Å². The fourth-order valence-electron chi connectivity index (χ4n) is 1.63. The molecule has 0 atom stereocenters. The van der Waals surface area contributed by atoms with Crippen molar-refractivity contribution in [2.45, 2.75) is 6.61 Å². The first-order valence-corrected chi connectivity index (χ1v) is 7.27. The van der Waals surface area contributed by atoms with Gasteiger partial charge in [0.25, 0.3) is 5.91 Å². The first-order valence-electron chi connectivity index (χ1n) is 6.51. The highest BCUT2D eigenvalue weighted by molar-refractivity contribution is 6.42. The van der Waals surface area contributed by atoms with E-state index in [4.69, 9.17) is 32.4 Å². The molecule has 0 radical (unpaired) electrons. The van der Waals surface area contributed by atoms with Gasteiger partial charge in [0.2, 0.25) is 0 Å². The van der Waals surface area contributed by atoms with Crippen molar-refractivity contribution < 1.29 is 23.5 Å². The maximum atomic E-state index is 11.8. The number of methoxy groups -OCH3 is 1. The van der Waals surface area contributed by atoms with Crippen molar-refractivity contribution in [1.29, 1.82) is 0 Å². The lowest BCUT2D eigenvalue weighted by atomic mass is 10.3. The van der Waals surface area contributed by atoms with E-state index in [1.54, 1.807) is 24.3 Å². The molecule has 0 spiro atoms. The molecule has 0 aliphatic heterocycles. The quantitative estimate of drug-likeness (QED) is 0.803. The number of carbonyl (C=O) groups excluding carboxylic acids is 2. The fraction of sp³-hybridized carbons (Fsp3) is 0.200. The number of benzene rings is 1. The third-order valence-electron chi connectivity index (χ3n) is 2.79. The minimum absolute atomic E-state index is 0.0599. The molecule has 0 saturated heterocycles. The number of esters is 1. The second-order valence-electron chi connectivity index (χ2n) is 4.37. The Balaban J connectivity index is 1.93. The Morgan fingerprint density at radius 1 is 1.22 bits per heavy atom. The van der Waals surface area contributed by atoms with Gasteiger partial charge >= 0.3 is 5.97 Å². The average molecular weight is 358 g/mol. The topological polar surface area (TPSA) is 77.8 Å². The van der Waals surface area contributed by atoms with Gasteiger partial charge in [0.05, 0.1) is 12.1 Å². The molecular weight excluding hydrogens is 345 g/mol. The Bertz CT molecular complexity index is 714. The molecule has 1 amide bonds. The molecule has 122 valence electrons. The standard InChI is InChI=1S/C15H13Cl2NO5/c1-21-13(19)7-18-15(20)12-6-5-9(23-12)8-22-11-4-2-3-10(16)14(11)17/h2-6H,7-8H2,1H3,(H,18,20). The monoisotopic (exact) mass is 357 g/mol. The number of rotatable bonds is 6. The Morgan fingerprint density at radius 2 is 2.00 bits per heavy atom. The molecular formula is C15H13Cl2NO5. The summed E-state index contributed by atoms with van der Waals surface area (Å²) in [7, 11) is 1.23. The van der Waals surface area contributed by atoms with E-state index in [1.165, 1.54) is 13.2 Å². The Labute approximate surface area is 142 Å². The molecule has 1 aromatic carbocycles. The van der Waals surface area contributed by atoms with Crippen LogP contribution >= 0.6 is 23.2 Å². The van der Waals surface area contributed by atoms with E-state index in [1.807, 2.05) is 0 Å². The minimum Gasteiger partial charge on any atom is -0.484 e. The summed E-state index contributed by atoms with van der Waals surface area (Å²) in [5.41, 5.74) is 0. The van der Waals surface area contributed by atoms with E-state index in [9.17, 15) is 9.59 Å². The van der Waals surface area contributed by atoms with Crippen molar-refractivity contribution in [2.75, 3.05) is 13.7 Å². The molecule has 23 heavy (non-hydrogen) atoms. The lowest BCUT2D eigenvalue weighted by Crippen LogP contribution is -2.29. The molecule has 1 aromatic heterocycles. The van der Waals surface area contributed by atoms with E-state index >= 15 is 0 Å². The predicted octanol–water partition coefficient (Wildman–Crippen LogP) is 3.07. The summed E-state index contributed by atoms with van der Waals surface area (Å²) in [4.78, 5) is 22.7. The van der Waals surface area contributed by atoms with Crippen LogP contribution in [0.15, 0.2) is 34.7 Å². The minimum atomic E-state index is -0.552. The van der Waals surface area contributed by atoms with Crippen molar-refractivity contribution in [3.05, 3.63) is 51.9 Å². The first kappa shape index (κ1) is 17.2. The third-order valence-corrected chi connectivity index (χ3v) is 3.59. The molecule has 1 heterocycles. The van der Waals surface area contributed by atoms with Gasteiger partial charge in [0.1, 0.15) is 29.7 Å². The second-order valence-corrected chi connectivity index (χ2v) is 5.15. The van der Waals surface area contributed by atoms with Crippen LogP contribution in [0.3, 0.4) is 0 Å². The van der Waals surface area contributed by atoms with Crippen LogP contribution in [0.1, 0.15) is 16.3 Å². The molecule has 2 aromatic rings. The zero-order chi connectivity index (χ0) is 16.8. The second kappa shape index (κ2) is 7.89. The van der Waals surface area contributed by atoms with Gasteiger partial charge < -0.3 is 19.2 Å². The summed E-state index contributed by atoms with van der Waals surface area (Å²) in [6.07, 6.45) is 0. The van der Waals surface area contributed by atoms with E-state index in [0.29, 0.717) is 21.6 Å². The van der Waals surface area contributed by atoms with Crippen LogP contribution in [0.5, 0.6) is 5.75 Å². The van der Waals surface area contributed by atoms with Gasteiger partial charge in [-0.15, -0.1) is 0 Å². The zero-order valence-electron chi connectivity index (χ0n) is 12.1. The summed E-state index contributed by atoms with van der Waals surface area (Å²) in [6, 6.07) is 8.09. The number of ether oxygens (including phenoxy) is 2. The van der Waals surface area contributed by atoms with E-state index in [-0.39, 0.29) is 18.9 Å². The highest BCUT2D eigenvalue weighted by atomic mass is 35.5. The third kappa shape index (κ3) is 4.64. The molecule has 1 N–H and O–H groups in total. The van der Waals surface area contributed by atoms with Gasteiger partial charge in [-0.3, -0.25) is 9.59 Å². The van der Waals surface area contributed by atoms with Crippen molar-refractivity contribution in [3.8, 4) is 5.75 Å². The zero-order valence-corrected chi connectivity index (χ0v) is 13.6. The molecule has 0 bridgehead atoms. The van der Waals surface area contributed by atoms with Gasteiger partial charge in [0, 0.05) is 0 Å². The van der Waals surface area contributed by atoms with Gasteiger partial charge in [-0.05, 0) is 24.3 Å². The number of amides is 1. The molecule has 8 heteroatoms. The normalized spacial score (nSPS) is 10.2. The molecule has 6 nitrogen and oxygen atoms in total. The van der Waals surface area contributed by atoms with Gasteiger partial charge in [-0.25, -0.2) is 0 Å². The summed E-state index contributed by atoms with van der Waals surface area (Å²) in [5.74, 6) is -0.187. The van der Waals surface area contributed by atoms with Gasteiger partial charge in [-0.2, -0.15) is 0 Å². The maximum absolute atomic E-state index is 11.8. The smallest absolute Gasteiger partial charge is 0.325 e. The van der Waals surface area contributed by atoms with Crippen LogP contribution in [-0.2, 0) is 16.1 Å². The van der Waals surface area contributed by atoms with Gasteiger partial charge in [-0.1, -0.05) is 29.3 Å². The lowest BCUT2D eigenvalue weighted by molar-refractivity contribution is -0.139. The number of halogens is 2. The Kier molecular flexibility index (Phi) is 5.90. The number of nitrogens with one attached hydrogen (secondary N) is 1. The van der Waals surface area contributed by atoms with Crippen molar-refractivity contribution in [2.24, 2.45) is 0 Å². The predicted molar refractivity (Wildman–Crippen MR) is 83.9 cm³/mol. The Morgan fingerprint density at radius 3 is 2.74 bits per heavy atom. The summed E-state index contributed by atoms with van der Waals surface area (Å²) < 4.78 is 15.3. The fourth-order valence-corrected chi connectivity index (χ4v) is 1.98. The molecule has 0 saturated carbocycles. The highest BCUT2D eigenvalue weighted by Crippen LogP contribution is 2.31. The summed E-state index contributed by atoms with van der Waals surface area (Å²) in [5, 5.41) is 3.05. The van der Waals surface area contributed by atoms with E-state index in [2.05, 4.69) is 10.1 Å². The molecule has 0 unspecified atom stereocenters. The maximum Gasteiger partial charge on any atom is 0.325 e. The van der Waals surface area contributed by atoms with Crippen LogP contribution in [0.2, 0.25) is 10.0 Å². The van der Waals surface area contributed by atoms with Crippen LogP contribution in [0.25, 0.3) is 0 Å². The number of hydrogen-bond acceptors (Lipinski definition) is 5. The lowest BCUT2D eigenvalue weighted by Gasteiger charge is -2.07. The number of furan rings is 1. The van der Waals surface area contributed by atoms with E-state index in [0.717, 1.165) is 0 Å². The molecule has 0 aliphatic rings. The number of carbonyl (C=O) groups is 2. The Hall–Kier alpha value is -2.18. The van der Waals surface area contributed by atoms with Crippen molar-refractivity contribution in [1.82, 2.24) is 5.32 Å². The summed E-state index contributed by atoms with van der Waals surface area (Å²) >= 11 is 11.9. The van der Waals surface area contributed by atoms with Crippen molar-refractivity contribution >= 4 is 35.1 Å². The van der Waals surface area contributed by atoms with Gasteiger partial charge in [0.15, 0.2) is 5.76 Å². The van der Waals surface area contributed by atoms with Crippen LogP contribution < -0.4 is 10.1 Å². The number of hydrogen-bond donors (Lipinski definition) is 1.